The number of aliphatic hydroxyl groups excluding tert-OH is 1. The van der Waals surface area contributed by atoms with Crippen molar-refractivity contribution < 1.29 is 5.11 Å². The van der Waals surface area contributed by atoms with Crippen LogP contribution in [0.15, 0.2) is 48.5 Å². The van der Waals surface area contributed by atoms with Crippen LogP contribution in [-0.4, -0.2) is 10.8 Å². The summed E-state index contributed by atoms with van der Waals surface area (Å²) in [5.74, 6) is 0. The number of aliphatic hydroxyl groups is 1. The Hall–Kier alpha value is -1.71. The summed E-state index contributed by atoms with van der Waals surface area (Å²) in [5.41, 5.74) is 2.13. The number of nitrogens with zero attached hydrogens (tertiary/aromatic N) is 1. The lowest BCUT2D eigenvalue weighted by molar-refractivity contribution is 0.143. The van der Waals surface area contributed by atoms with Crippen molar-refractivity contribution in [3.63, 3.8) is 0 Å². The van der Waals surface area contributed by atoms with Crippen molar-refractivity contribution in [1.29, 1.82) is 0 Å². The van der Waals surface area contributed by atoms with E-state index in [0.717, 1.165) is 16.9 Å². The molecule has 0 fully saturated rings. The van der Waals surface area contributed by atoms with Crippen LogP contribution in [0.3, 0.4) is 0 Å². The molecule has 2 aromatic carbocycles. The molecule has 1 atom stereocenters. The minimum atomic E-state index is -0.780. The van der Waals surface area contributed by atoms with Gasteiger partial charge in [-0.25, -0.2) is 0 Å². The lowest BCUT2D eigenvalue weighted by Crippen LogP contribution is -2.55. The predicted molar refractivity (Wildman–Crippen MR) is 83.0 cm³/mol. The third kappa shape index (κ3) is 2.03. The summed E-state index contributed by atoms with van der Waals surface area (Å²) >= 11 is 6.26. The van der Waals surface area contributed by atoms with Crippen LogP contribution in [0.4, 0.5) is 11.4 Å². The summed E-state index contributed by atoms with van der Waals surface area (Å²) in [4.78, 5) is 1.93. The Morgan fingerprint density at radius 1 is 1.10 bits per heavy atom. The van der Waals surface area contributed by atoms with E-state index in [1.807, 2.05) is 61.2 Å². The first-order valence-corrected chi connectivity index (χ1v) is 6.97. The van der Waals surface area contributed by atoms with Gasteiger partial charge in [0.25, 0.3) is 0 Å². The molecule has 4 heteroatoms. The van der Waals surface area contributed by atoms with E-state index in [9.17, 15) is 5.11 Å². The average molecular weight is 289 g/mol. The third-order valence-corrected chi connectivity index (χ3v) is 3.96. The predicted octanol–water partition coefficient (Wildman–Crippen LogP) is 4.00. The van der Waals surface area contributed by atoms with Gasteiger partial charge in [-0.1, -0.05) is 35.9 Å². The van der Waals surface area contributed by atoms with Crippen molar-refractivity contribution in [2.24, 2.45) is 0 Å². The molecular weight excluding hydrogens is 272 g/mol. The zero-order valence-electron chi connectivity index (χ0n) is 11.5. The maximum Gasteiger partial charge on any atom is 0.158 e. The first kappa shape index (κ1) is 13.3. The van der Waals surface area contributed by atoms with Crippen LogP contribution in [-0.2, 0) is 0 Å². The fourth-order valence-electron chi connectivity index (χ4n) is 2.79. The number of nitrogens with one attached hydrogen (secondary N) is 1. The second-order valence-corrected chi connectivity index (χ2v) is 5.87. The molecule has 104 valence electrons. The van der Waals surface area contributed by atoms with Crippen LogP contribution < -0.4 is 10.2 Å². The van der Waals surface area contributed by atoms with Crippen molar-refractivity contribution in [1.82, 2.24) is 0 Å². The summed E-state index contributed by atoms with van der Waals surface area (Å²) in [7, 11) is 0. The maximum absolute atomic E-state index is 10.8. The zero-order chi connectivity index (χ0) is 14.3. The molecule has 1 aliphatic rings. The topological polar surface area (TPSA) is 35.5 Å². The van der Waals surface area contributed by atoms with Gasteiger partial charge < -0.3 is 15.3 Å². The highest BCUT2D eigenvalue weighted by molar-refractivity contribution is 6.31. The normalized spacial score (nSPS) is 20.2. The number of hydrogen-bond donors (Lipinski definition) is 2. The van der Waals surface area contributed by atoms with Crippen molar-refractivity contribution >= 4 is 23.0 Å². The SMILES string of the molecule is CC1(C)Nc2cccc(Cl)c2[C@H](O)N1c1ccccc1. The maximum atomic E-state index is 10.8. The van der Waals surface area contributed by atoms with Crippen LogP contribution in [0.1, 0.15) is 25.6 Å². The minimum Gasteiger partial charge on any atom is -0.369 e. The van der Waals surface area contributed by atoms with Crippen molar-refractivity contribution in [3.05, 3.63) is 59.1 Å². The molecule has 2 N–H and O–H groups in total. The molecule has 1 heterocycles. The molecule has 3 nitrogen and oxygen atoms in total. The number of benzene rings is 2. The molecule has 1 aliphatic heterocycles. The van der Waals surface area contributed by atoms with Crippen LogP contribution >= 0.6 is 11.6 Å². The number of fused-ring (bicyclic) bond motifs is 1. The first-order valence-electron chi connectivity index (χ1n) is 6.60. The molecule has 0 spiro atoms. The average Bonchev–Trinajstić information content (AvgIpc) is 2.38. The van der Waals surface area contributed by atoms with Gasteiger partial charge in [0.1, 0.15) is 5.66 Å². The highest BCUT2D eigenvalue weighted by Crippen LogP contribution is 2.43. The fourth-order valence-corrected chi connectivity index (χ4v) is 3.06. The molecule has 0 aromatic heterocycles. The number of halogens is 1. The van der Waals surface area contributed by atoms with Gasteiger partial charge in [0.05, 0.1) is 5.02 Å². The Labute approximate surface area is 123 Å². The van der Waals surface area contributed by atoms with Gasteiger partial charge in [0.15, 0.2) is 6.23 Å². The van der Waals surface area contributed by atoms with E-state index in [1.165, 1.54) is 0 Å². The quantitative estimate of drug-likeness (QED) is 0.832. The van der Waals surface area contributed by atoms with E-state index in [0.29, 0.717) is 5.02 Å². The van der Waals surface area contributed by atoms with E-state index < -0.39 is 11.9 Å². The summed E-state index contributed by atoms with van der Waals surface area (Å²) in [6.45, 7) is 4.07. The summed E-state index contributed by atoms with van der Waals surface area (Å²) < 4.78 is 0. The highest BCUT2D eigenvalue weighted by atomic mass is 35.5. The molecule has 0 bridgehead atoms. The monoisotopic (exact) mass is 288 g/mol. The van der Waals surface area contributed by atoms with E-state index in [1.54, 1.807) is 6.07 Å². The fraction of sp³-hybridized carbons (Fsp3) is 0.250. The van der Waals surface area contributed by atoms with Gasteiger partial charge in [0, 0.05) is 16.9 Å². The van der Waals surface area contributed by atoms with Crippen molar-refractivity contribution in [3.8, 4) is 0 Å². The Bertz CT molecular complexity index is 628. The molecule has 0 saturated carbocycles. The number of anilines is 2. The smallest absolute Gasteiger partial charge is 0.158 e. The lowest BCUT2D eigenvalue weighted by atomic mass is 10.00. The zero-order valence-corrected chi connectivity index (χ0v) is 12.2. The van der Waals surface area contributed by atoms with Gasteiger partial charge in [-0.3, -0.25) is 0 Å². The Morgan fingerprint density at radius 2 is 1.80 bits per heavy atom. The highest BCUT2D eigenvalue weighted by Gasteiger charge is 2.39. The van der Waals surface area contributed by atoms with Crippen LogP contribution in [0.2, 0.25) is 5.02 Å². The van der Waals surface area contributed by atoms with Crippen molar-refractivity contribution in [2.75, 3.05) is 10.2 Å². The lowest BCUT2D eigenvalue weighted by Gasteiger charge is -2.49. The van der Waals surface area contributed by atoms with Gasteiger partial charge in [-0.2, -0.15) is 0 Å². The molecule has 3 rings (SSSR count). The summed E-state index contributed by atoms with van der Waals surface area (Å²) in [6.07, 6.45) is -0.780. The standard InChI is InChI=1S/C16H17ClN2O/c1-16(2)18-13-10-6-9-12(17)14(13)15(20)19(16)11-7-4-3-5-8-11/h3-10,15,18,20H,1-2H3/t15-/m0/s1. The Morgan fingerprint density at radius 3 is 2.50 bits per heavy atom. The largest absolute Gasteiger partial charge is 0.369 e. The van der Waals surface area contributed by atoms with Gasteiger partial charge in [-0.15, -0.1) is 0 Å². The second-order valence-electron chi connectivity index (χ2n) is 5.46. The second kappa shape index (κ2) is 4.69. The Balaban J connectivity index is 2.14. The van der Waals surface area contributed by atoms with E-state index in [4.69, 9.17) is 11.6 Å². The number of rotatable bonds is 1. The van der Waals surface area contributed by atoms with E-state index in [2.05, 4.69) is 5.32 Å². The van der Waals surface area contributed by atoms with Gasteiger partial charge in [-0.05, 0) is 38.1 Å². The first-order chi connectivity index (χ1) is 9.50. The summed E-state index contributed by atoms with van der Waals surface area (Å²) in [5, 5.41) is 14.8. The molecule has 0 radical (unpaired) electrons. The molecule has 0 saturated heterocycles. The van der Waals surface area contributed by atoms with E-state index >= 15 is 0 Å². The molecule has 0 unspecified atom stereocenters. The number of para-hydroxylation sites is 1. The molecule has 0 aliphatic carbocycles. The number of hydrogen-bond acceptors (Lipinski definition) is 3. The molecule has 20 heavy (non-hydrogen) atoms. The minimum absolute atomic E-state index is 0.418. The Kier molecular flexibility index (Phi) is 3.11. The van der Waals surface area contributed by atoms with Gasteiger partial charge >= 0.3 is 0 Å². The molecular formula is C16H17ClN2O. The van der Waals surface area contributed by atoms with Crippen molar-refractivity contribution in [2.45, 2.75) is 25.7 Å². The van der Waals surface area contributed by atoms with Crippen LogP contribution in [0, 0.1) is 0 Å². The van der Waals surface area contributed by atoms with Crippen LogP contribution in [0.5, 0.6) is 0 Å². The molecule has 2 aromatic rings. The van der Waals surface area contributed by atoms with Crippen LogP contribution in [0.25, 0.3) is 0 Å². The molecule has 0 amide bonds. The summed E-state index contributed by atoms with van der Waals surface area (Å²) in [6, 6.07) is 15.5. The third-order valence-electron chi connectivity index (χ3n) is 3.63. The van der Waals surface area contributed by atoms with E-state index in [-0.39, 0.29) is 0 Å². The van der Waals surface area contributed by atoms with Gasteiger partial charge in [0.2, 0.25) is 0 Å².